The van der Waals surface area contributed by atoms with Gasteiger partial charge in [-0.15, -0.1) is 11.3 Å². The molecule has 2 rings (SSSR count). The summed E-state index contributed by atoms with van der Waals surface area (Å²) in [4.78, 5) is 1.37. The summed E-state index contributed by atoms with van der Waals surface area (Å²) in [5.74, 6) is 0. The van der Waals surface area contributed by atoms with Crippen LogP contribution in [0.2, 0.25) is 0 Å². The molecule has 0 saturated heterocycles. The molecule has 1 aromatic heterocycles. The monoisotopic (exact) mass is 217 g/mol. The zero-order valence-corrected chi connectivity index (χ0v) is 9.84. The van der Waals surface area contributed by atoms with Crippen molar-refractivity contribution in [3.8, 4) is 0 Å². The van der Waals surface area contributed by atoms with Gasteiger partial charge in [0.2, 0.25) is 0 Å². The molecule has 0 unspecified atom stereocenters. The largest absolute Gasteiger partial charge is 0.378 e. The molecule has 78 valence electrons. The van der Waals surface area contributed by atoms with Crippen molar-refractivity contribution in [2.45, 2.75) is 19.9 Å². The zero-order chi connectivity index (χ0) is 10.7. The van der Waals surface area contributed by atoms with Gasteiger partial charge in [-0.25, -0.2) is 0 Å². The van der Waals surface area contributed by atoms with Crippen LogP contribution in [0.1, 0.15) is 23.4 Å². The van der Waals surface area contributed by atoms with E-state index >= 15 is 0 Å². The molecule has 0 radical (unpaired) electrons. The SMILES string of the molecule is Cc1cccc(N[C@@H](C)c2cccs2)c1. The Morgan fingerprint density at radius 3 is 2.73 bits per heavy atom. The first-order valence-electron chi connectivity index (χ1n) is 5.12. The Hall–Kier alpha value is -1.28. The van der Waals surface area contributed by atoms with E-state index in [9.17, 15) is 0 Å². The summed E-state index contributed by atoms with van der Waals surface area (Å²) in [5, 5.41) is 5.61. The number of thiophene rings is 1. The molecular formula is C13H15NS. The van der Waals surface area contributed by atoms with Gasteiger partial charge in [-0.3, -0.25) is 0 Å². The second-order valence-corrected chi connectivity index (χ2v) is 4.73. The summed E-state index contributed by atoms with van der Waals surface area (Å²) < 4.78 is 0. The van der Waals surface area contributed by atoms with Crippen molar-refractivity contribution >= 4 is 17.0 Å². The zero-order valence-electron chi connectivity index (χ0n) is 9.03. The number of nitrogens with one attached hydrogen (secondary N) is 1. The molecule has 0 aliphatic carbocycles. The highest BCUT2D eigenvalue weighted by molar-refractivity contribution is 7.10. The van der Waals surface area contributed by atoms with E-state index in [2.05, 4.69) is 60.9 Å². The maximum Gasteiger partial charge on any atom is 0.0578 e. The average molecular weight is 217 g/mol. The molecule has 0 saturated carbocycles. The molecule has 0 spiro atoms. The van der Waals surface area contributed by atoms with Gasteiger partial charge in [0.1, 0.15) is 0 Å². The Labute approximate surface area is 94.8 Å². The second-order valence-electron chi connectivity index (χ2n) is 3.75. The van der Waals surface area contributed by atoms with Crippen molar-refractivity contribution in [1.29, 1.82) is 0 Å². The summed E-state index contributed by atoms with van der Waals surface area (Å²) in [7, 11) is 0. The Balaban J connectivity index is 2.09. The van der Waals surface area contributed by atoms with Crippen LogP contribution in [0.15, 0.2) is 41.8 Å². The number of benzene rings is 1. The van der Waals surface area contributed by atoms with Crippen LogP contribution in [0.3, 0.4) is 0 Å². The Kier molecular flexibility index (Phi) is 3.07. The van der Waals surface area contributed by atoms with Crippen molar-refractivity contribution in [3.63, 3.8) is 0 Å². The first-order chi connectivity index (χ1) is 7.25. The molecule has 1 heterocycles. The van der Waals surface area contributed by atoms with E-state index in [0.29, 0.717) is 6.04 Å². The predicted molar refractivity (Wildman–Crippen MR) is 67.5 cm³/mol. The number of anilines is 1. The minimum atomic E-state index is 0.381. The summed E-state index contributed by atoms with van der Waals surface area (Å²) in [6, 6.07) is 13.1. The van der Waals surface area contributed by atoms with E-state index in [0.717, 1.165) is 0 Å². The van der Waals surface area contributed by atoms with Gasteiger partial charge in [0.25, 0.3) is 0 Å². The Morgan fingerprint density at radius 1 is 1.20 bits per heavy atom. The second kappa shape index (κ2) is 4.49. The fraction of sp³-hybridized carbons (Fsp3) is 0.231. The normalized spacial score (nSPS) is 12.4. The maximum atomic E-state index is 3.50. The Bertz CT molecular complexity index is 420. The van der Waals surface area contributed by atoms with Crippen LogP contribution < -0.4 is 5.32 Å². The quantitative estimate of drug-likeness (QED) is 0.811. The van der Waals surface area contributed by atoms with Crippen LogP contribution in [-0.4, -0.2) is 0 Å². The molecule has 0 bridgehead atoms. The molecule has 0 amide bonds. The summed E-state index contributed by atoms with van der Waals surface area (Å²) >= 11 is 1.79. The van der Waals surface area contributed by atoms with E-state index in [-0.39, 0.29) is 0 Å². The fourth-order valence-corrected chi connectivity index (χ4v) is 2.33. The van der Waals surface area contributed by atoms with Crippen LogP contribution in [-0.2, 0) is 0 Å². The van der Waals surface area contributed by atoms with Crippen LogP contribution in [0.4, 0.5) is 5.69 Å². The van der Waals surface area contributed by atoms with Gasteiger partial charge < -0.3 is 5.32 Å². The van der Waals surface area contributed by atoms with Gasteiger partial charge in [0.05, 0.1) is 6.04 Å². The molecule has 0 aliphatic rings. The van der Waals surface area contributed by atoms with E-state index in [4.69, 9.17) is 0 Å². The van der Waals surface area contributed by atoms with E-state index in [1.165, 1.54) is 16.1 Å². The minimum absolute atomic E-state index is 0.381. The third-order valence-electron chi connectivity index (χ3n) is 2.37. The third-order valence-corrected chi connectivity index (χ3v) is 3.43. The highest BCUT2D eigenvalue weighted by Crippen LogP contribution is 2.23. The first kappa shape index (κ1) is 10.2. The molecule has 2 aromatic rings. The van der Waals surface area contributed by atoms with Crippen LogP contribution in [0, 0.1) is 6.92 Å². The average Bonchev–Trinajstić information content (AvgIpc) is 2.70. The smallest absolute Gasteiger partial charge is 0.0578 e. The van der Waals surface area contributed by atoms with Gasteiger partial charge in [-0.2, -0.15) is 0 Å². The van der Waals surface area contributed by atoms with Crippen LogP contribution in [0.25, 0.3) is 0 Å². The van der Waals surface area contributed by atoms with E-state index in [1.54, 1.807) is 11.3 Å². The molecule has 1 N–H and O–H groups in total. The Morgan fingerprint density at radius 2 is 2.07 bits per heavy atom. The lowest BCUT2D eigenvalue weighted by Crippen LogP contribution is -2.04. The molecule has 0 fully saturated rings. The maximum absolute atomic E-state index is 3.50. The first-order valence-corrected chi connectivity index (χ1v) is 6.00. The van der Waals surface area contributed by atoms with Crippen molar-refractivity contribution in [1.82, 2.24) is 0 Å². The summed E-state index contributed by atoms with van der Waals surface area (Å²) in [6.45, 7) is 4.30. The summed E-state index contributed by atoms with van der Waals surface area (Å²) in [6.07, 6.45) is 0. The van der Waals surface area contributed by atoms with Crippen molar-refractivity contribution < 1.29 is 0 Å². The number of aryl methyl sites for hydroxylation is 1. The number of hydrogen-bond acceptors (Lipinski definition) is 2. The van der Waals surface area contributed by atoms with Gasteiger partial charge >= 0.3 is 0 Å². The number of hydrogen-bond donors (Lipinski definition) is 1. The van der Waals surface area contributed by atoms with Crippen LogP contribution in [0.5, 0.6) is 0 Å². The fourth-order valence-electron chi connectivity index (χ4n) is 1.59. The lowest BCUT2D eigenvalue weighted by molar-refractivity contribution is 0.908. The lowest BCUT2D eigenvalue weighted by Gasteiger charge is -2.13. The highest BCUT2D eigenvalue weighted by Gasteiger charge is 2.05. The molecule has 2 heteroatoms. The van der Waals surface area contributed by atoms with Gasteiger partial charge in [0, 0.05) is 10.6 Å². The number of rotatable bonds is 3. The van der Waals surface area contributed by atoms with E-state index < -0.39 is 0 Å². The summed E-state index contributed by atoms with van der Waals surface area (Å²) in [5.41, 5.74) is 2.48. The molecule has 0 aliphatic heterocycles. The lowest BCUT2D eigenvalue weighted by atomic mass is 10.2. The predicted octanol–water partition coefficient (Wildman–Crippen LogP) is 4.23. The molecule has 15 heavy (non-hydrogen) atoms. The van der Waals surface area contributed by atoms with Gasteiger partial charge in [0.15, 0.2) is 0 Å². The topological polar surface area (TPSA) is 12.0 Å². The molecule has 1 nitrogen and oxygen atoms in total. The molecule has 1 aromatic carbocycles. The van der Waals surface area contributed by atoms with E-state index in [1.807, 2.05) is 0 Å². The van der Waals surface area contributed by atoms with Crippen molar-refractivity contribution in [2.24, 2.45) is 0 Å². The standard InChI is InChI=1S/C13H15NS/c1-10-5-3-6-12(9-10)14-11(2)13-7-4-8-15-13/h3-9,11,14H,1-2H3/t11-/m0/s1. The highest BCUT2D eigenvalue weighted by atomic mass is 32.1. The molecule has 1 atom stereocenters. The van der Waals surface area contributed by atoms with Gasteiger partial charge in [-0.05, 0) is 43.0 Å². The van der Waals surface area contributed by atoms with Gasteiger partial charge in [-0.1, -0.05) is 18.2 Å². The van der Waals surface area contributed by atoms with Crippen molar-refractivity contribution in [3.05, 3.63) is 52.2 Å². The minimum Gasteiger partial charge on any atom is -0.378 e. The van der Waals surface area contributed by atoms with Crippen molar-refractivity contribution in [2.75, 3.05) is 5.32 Å². The van der Waals surface area contributed by atoms with Crippen LogP contribution >= 0.6 is 11.3 Å². The molecular weight excluding hydrogens is 202 g/mol. The third kappa shape index (κ3) is 2.60.